The molecule has 0 aliphatic heterocycles. The molecular formula is C41H78O5. The first kappa shape index (κ1) is 44.6. The molecule has 0 aromatic rings. The minimum atomic E-state index is -0.761. The van der Waals surface area contributed by atoms with Gasteiger partial charge in [0.05, 0.1) is 6.61 Å². The van der Waals surface area contributed by atoms with E-state index in [-0.39, 0.29) is 25.2 Å². The van der Waals surface area contributed by atoms with Crippen LogP contribution in [0.3, 0.4) is 0 Å². The van der Waals surface area contributed by atoms with Gasteiger partial charge >= 0.3 is 11.9 Å². The number of aliphatic hydroxyl groups is 1. The number of aliphatic hydroxyl groups excluding tert-OH is 1. The van der Waals surface area contributed by atoms with Gasteiger partial charge in [-0.2, -0.15) is 0 Å². The number of carbonyl (C=O) groups excluding carboxylic acids is 2. The number of esters is 2. The Morgan fingerprint density at radius 2 is 0.804 bits per heavy atom. The Morgan fingerprint density at radius 3 is 1.17 bits per heavy atom. The molecule has 0 amide bonds. The van der Waals surface area contributed by atoms with Gasteiger partial charge in [-0.25, -0.2) is 0 Å². The zero-order valence-electron chi connectivity index (χ0n) is 30.9. The summed E-state index contributed by atoms with van der Waals surface area (Å²) in [5.74, 6) is -0.596. The van der Waals surface area contributed by atoms with E-state index in [0.29, 0.717) is 12.8 Å². The van der Waals surface area contributed by atoms with Crippen molar-refractivity contribution in [1.82, 2.24) is 0 Å². The first-order valence-corrected chi connectivity index (χ1v) is 20.2. The van der Waals surface area contributed by atoms with Gasteiger partial charge in [-0.1, -0.05) is 180 Å². The van der Waals surface area contributed by atoms with Crippen LogP contribution in [0.1, 0.15) is 219 Å². The lowest BCUT2D eigenvalue weighted by molar-refractivity contribution is -0.161. The molecule has 0 aromatic carbocycles. The van der Waals surface area contributed by atoms with Crippen molar-refractivity contribution in [1.29, 1.82) is 0 Å². The normalized spacial score (nSPS) is 12.2. The predicted molar refractivity (Wildman–Crippen MR) is 196 cm³/mol. The molecule has 46 heavy (non-hydrogen) atoms. The molecule has 0 spiro atoms. The van der Waals surface area contributed by atoms with E-state index in [1.807, 2.05) is 0 Å². The summed E-state index contributed by atoms with van der Waals surface area (Å²) in [6.45, 7) is 4.06. The third-order valence-electron chi connectivity index (χ3n) is 9.06. The quantitative estimate of drug-likeness (QED) is 0.0411. The largest absolute Gasteiger partial charge is 0.462 e. The second-order valence-electron chi connectivity index (χ2n) is 13.7. The molecule has 0 aliphatic carbocycles. The summed E-state index contributed by atoms with van der Waals surface area (Å²) in [5.41, 5.74) is 0. The molecule has 272 valence electrons. The molecule has 0 saturated carbocycles. The van der Waals surface area contributed by atoms with Gasteiger partial charge in [0.2, 0.25) is 0 Å². The standard InChI is InChI=1S/C41H78O5/c1-3-5-7-9-10-11-12-13-14-15-16-17-18-19-20-21-22-23-24-25-26-27-28-29-30-32-34-36-41(44)46-39(37-42)38-45-40(43)35-33-31-8-6-4-2/h15-16,39,42H,3-14,17-38H2,1-2H3/b16-15-. The summed E-state index contributed by atoms with van der Waals surface area (Å²) >= 11 is 0. The Kier molecular flexibility index (Phi) is 37.0. The summed E-state index contributed by atoms with van der Waals surface area (Å²) in [6, 6.07) is 0. The summed E-state index contributed by atoms with van der Waals surface area (Å²) in [4.78, 5) is 23.9. The van der Waals surface area contributed by atoms with Crippen molar-refractivity contribution >= 4 is 11.9 Å². The van der Waals surface area contributed by atoms with Crippen molar-refractivity contribution in [2.75, 3.05) is 13.2 Å². The number of allylic oxidation sites excluding steroid dienone is 2. The van der Waals surface area contributed by atoms with Gasteiger partial charge in [0.1, 0.15) is 6.61 Å². The number of unbranched alkanes of at least 4 members (excludes halogenated alkanes) is 27. The Morgan fingerprint density at radius 1 is 0.478 bits per heavy atom. The molecule has 0 rings (SSSR count). The highest BCUT2D eigenvalue weighted by Gasteiger charge is 2.16. The number of hydrogen-bond acceptors (Lipinski definition) is 5. The minimum Gasteiger partial charge on any atom is -0.462 e. The van der Waals surface area contributed by atoms with Gasteiger partial charge in [-0.15, -0.1) is 0 Å². The van der Waals surface area contributed by atoms with E-state index in [1.54, 1.807) is 0 Å². The maximum Gasteiger partial charge on any atom is 0.306 e. The molecule has 5 nitrogen and oxygen atoms in total. The lowest BCUT2D eigenvalue weighted by atomic mass is 10.0. The van der Waals surface area contributed by atoms with Gasteiger partial charge < -0.3 is 14.6 Å². The van der Waals surface area contributed by atoms with E-state index in [4.69, 9.17) is 9.47 Å². The molecule has 0 radical (unpaired) electrons. The van der Waals surface area contributed by atoms with Crippen molar-refractivity contribution < 1.29 is 24.2 Å². The van der Waals surface area contributed by atoms with Crippen LogP contribution in [0.15, 0.2) is 12.2 Å². The highest BCUT2D eigenvalue weighted by Crippen LogP contribution is 2.15. The van der Waals surface area contributed by atoms with Gasteiger partial charge in [0.25, 0.3) is 0 Å². The third kappa shape index (κ3) is 35.5. The molecule has 0 aromatic heterocycles. The lowest BCUT2D eigenvalue weighted by Gasteiger charge is -2.15. The van der Waals surface area contributed by atoms with Crippen LogP contribution in [0, 0.1) is 0 Å². The van der Waals surface area contributed by atoms with E-state index in [9.17, 15) is 14.7 Å². The fourth-order valence-electron chi connectivity index (χ4n) is 5.96. The van der Waals surface area contributed by atoms with Crippen molar-refractivity contribution in [3.05, 3.63) is 12.2 Å². The smallest absolute Gasteiger partial charge is 0.306 e. The van der Waals surface area contributed by atoms with Crippen LogP contribution < -0.4 is 0 Å². The topological polar surface area (TPSA) is 72.8 Å². The van der Waals surface area contributed by atoms with E-state index in [1.165, 1.54) is 154 Å². The highest BCUT2D eigenvalue weighted by molar-refractivity contribution is 5.70. The monoisotopic (exact) mass is 651 g/mol. The van der Waals surface area contributed by atoms with Crippen LogP contribution in [0.25, 0.3) is 0 Å². The van der Waals surface area contributed by atoms with Crippen LogP contribution in [0.4, 0.5) is 0 Å². The maximum atomic E-state index is 12.1. The second kappa shape index (κ2) is 38.1. The molecule has 1 atom stereocenters. The van der Waals surface area contributed by atoms with E-state index < -0.39 is 6.10 Å². The predicted octanol–water partition coefficient (Wildman–Crippen LogP) is 12.5. The SMILES string of the molecule is CCCCCCCCCC/C=C\CCCCCCCCCCCCCCCCCC(=O)OC(CO)COC(=O)CCCCCCC. The number of ether oxygens (including phenoxy) is 2. The molecule has 1 N–H and O–H groups in total. The Labute approximate surface area is 286 Å². The molecule has 0 saturated heterocycles. The molecule has 5 heteroatoms. The van der Waals surface area contributed by atoms with E-state index in [2.05, 4.69) is 26.0 Å². The number of carbonyl (C=O) groups is 2. The molecule has 1 unspecified atom stereocenters. The number of rotatable bonds is 37. The summed E-state index contributed by atoms with van der Waals surface area (Å²) in [7, 11) is 0. The maximum absolute atomic E-state index is 12.1. The average Bonchev–Trinajstić information content (AvgIpc) is 3.06. The van der Waals surface area contributed by atoms with Gasteiger partial charge in [0, 0.05) is 12.8 Å². The number of hydrogen-bond donors (Lipinski definition) is 1. The fourth-order valence-corrected chi connectivity index (χ4v) is 5.96. The van der Waals surface area contributed by atoms with Crippen LogP contribution >= 0.6 is 0 Å². The second-order valence-corrected chi connectivity index (χ2v) is 13.7. The van der Waals surface area contributed by atoms with Crippen LogP contribution in [0.2, 0.25) is 0 Å². The molecule has 0 heterocycles. The average molecular weight is 651 g/mol. The Balaban J connectivity index is 3.37. The summed E-state index contributed by atoms with van der Waals surface area (Å²) in [6.07, 6.45) is 43.3. The van der Waals surface area contributed by atoms with Gasteiger partial charge in [0.15, 0.2) is 6.10 Å². The lowest BCUT2D eigenvalue weighted by Crippen LogP contribution is -2.28. The minimum absolute atomic E-state index is 0.0619. The Bertz CT molecular complexity index is 661. The Hall–Kier alpha value is -1.36. The van der Waals surface area contributed by atoms with E-state index >= 15 is 0 Å². The zero-order valence-corrected chi connectivity index (χ0v) is 30.9. The van der Waals surface area contributed by atoms with Crippen molar-refractivity contribution in [3.63, 3.8) is 0 Å². The van der Waals surface area contributed by atoms with E-state index in [0.717, 1.165) is 38.5 Å². The summed E-state index contributed by atoms with van der Waals surface area (Å²) in [5, 5.41) is 9.46. The first-order valence-electron chi connectivity index (χ1n) is 20.2. The van der Waals surface area contributed by atoms with Crippen molar-refractivity contribution in [2.24, 2.45) is 0 Å². The van der Waals surface area contributed by atoms with Gasteiger partial charge in [-0.05, 0) is 38.5 Å². The van der Waals surface area contributed by atoms with Crippen LogP contribution in [-0.4, -0.2) is 36.4 Å². The molecule has 0 aliphatic rings. The summed E-state index contributed by atoms with van der Waals surface area (Å²) < 4.78 is 10.5. The van der Waals surface area contributed by atoms with Crippen molar-refractivity contribution in [3.8, 4) is 0 Å². The molecular weight excluding hydrogens is 572 g/mol. The van der Waals surface area contributed by atoms with Crippen LogP contribution in [0.5, 0.6) is 0 Å². The molecule has 0 bridgehead atoms. The molecule has 0 fully saturated rings. The fraction of sp³-hybridized carbons (Fsp3) is 0.902. The van der Waals surface area contributed by atoms with Crippen molar-refractivity contribution in [2.45, 2.75) is 225 Å². The van der Waals surface area contributed by atoms with Crippen LogP contribution in [-0.2, 0) is 19.1 Å². The highest BCUT2D eigenvalue weighted by atomic mass is 16.6. The first-order chi connectivity index (χ1) is 22.6. The third-order valence-corrected chi connectivity index (χ3v) is 9.06. The van der Waals surface area contributed by atoms with Gasteiger partial charge in [-0.3, -0.25) is 9.59 Å². The zero-order chi connectivity index (χ0) is 33.6.